The number of aromatic carboxylic acids is 1. The lowest BCUT2D eigenvalue weighted by Crippen LogP contribution is -2.22. The Morgan fingerprint density at radius 2 is 1.88 bits per heavy atom. The molecule has 5 heteroatoms. The van der Waals surface area contributed by atoms with Crippen molar-refractivity contribution < 1.29 is 9.90 Å². The highest BCUT2D eigenvalue weighted by Crippen LogP contribution is 2.50. The molecule has 0 aliphatic rings. The standard InChI is InChI=1S/C12H17BrO2S2/c1-6(2)16-10-9(13)8(5)17(7(3)4)11(10)12(14)15/h6-7H,1-5H3. The molecule has 0 radical (unpaired) electrons. The molecule has 0 amide bonds. The molecule has 0 aliphatic heterocycles. The monoisotopic (exact) mass is 336 g/mol. The van der Waals surface area contributed by atoms with E-state index in [1.54, 1.807) is 11.8 Å². The largest absolute Gasteiger partial charge is 0.540 e. The lowest BCUT2D eigenvalue weighted by atomic mass is 10.4. The van der Waals surface area contributed by atoms with Crippen molar-refractivity contribution in [2.24, 2.45) is 0 Å². The van der Waals surface area contributed by atoms with Crippen molar-refractivity contribution in [2.75, 3.05) is 0 Å². The van der Waals surface area contributed by atoms with Gasteiger partial charge in [0.25, 0.3) is 0 Å². The van der Waals surface area contributed by atoms with Crippen LogP contribution >= 0.6 is 38.2 Å². The average Bonchev–Trinajstić information content (AvgIpc) is 2.41. The quantitative estimate of drug-likeness (QED) is 0.617. The minimum absolute atomic E-state index is 0.292. The number of carbonyl (C=O) groups is 1. The minimum atomic E-state index is -1.03. The summed E-state index contributed by atoms with van der Waals surface area (Å²) in [6, 6.07) is 0. The van der Waals surface area contributed by atoms with E-state index >= 15 is 0 Å². The van der Waals surface area contributed by atoms with Gasteiger partial charge in [0.15, 0.2) is 4.88 Å². The molecule has 1 aromatic heterocycles. The fourth-order valence-electron chi connectivity index (χ4n) is 1.72. The van der Waals surface area contributed by atoms with E-state index in [0.717, 1.165) is 14.2 Å². The van der Waals surface area contributed by atoms with Crippen molar-refractivity contribution in [1.82, 2.24) is 0 Å². The van der Waals surface area contributed by atoms with Gasteiger partial charge in [-0.25, -0.2) is 0 Å². The summed E-state index contributed by atoms with van der Waals surface area (Å²) < 4.78 is 0.951. The molecule has 0 aliphatic carbocycles. The van der Waals surface area contributed by atoms with Crippen LogP contribution in [0.4, 0.5) is 0 Å². The minimum Gasteiger partial charge on any atom is -0.540 e. The number of thiophene rings is 1. The molecule has 17 heavy (non-hydrogen) atoms. The molecule has 1 rings (SSSR count). The fourth-order valence-corrected chi connectivity index (χ4v) is 6.51. The Labute approximate surface area is 118 Å². The van der Waals surface area contributed by atoms with Gasteiger partial charge in [0.1, 0.15) is 11.2 Å². The first-order valence-corrected chi connectivity index (χ1v) is 8.45. The molecule has 0 fully saturated rings. The van der Waals surface area contributed by atoms with Crippen LogP contribution in [-0.2, 0) is 0 Å². The van der Waals surface area contributed by atoms with Crippen LogP contribution in [0.2, 0.25) is 0 Å². The predicted octanol–water partition coefficient (Wildman–Crippen LogP) is 3.95. The smallest absolute Gasteiger partial charge is 0.211 e. The first-order chi connectivity index (χ1) is 7.77. The van der Waals surface area contributed by atoms with Gasteiger partial charge < -0.3 is 9.90 Å². The lowest BCUT2D eigenvalue weighted by Gasteiger charge is -2.06. The third-order valence-corrected chi connectivity index (χ3v) is 7.65. The van der Waals surface area contributed by atoms with Gasteiger partial charge in [0.05, 0.1) is 9.37 Å². The van der Waals surface area contributed by atoms with Crippen LogP contribution in [0.3, 0.4) is 0 Å². The molecule has 1 heterocycles. The second-order valence-corrected chi connectivity index (χ2v) is 9.39. The number of carboxylic acids is 1. The number of carboxylic acid groups (broad SMARTS) is 1. The van der Waals surface area contributed by atoms with E-state index in [0.29, 0.717) is 15.4 Å². The first-order valence-electron chi connectivity index (χ1n) is 5.49. The number of rotatable bonds is 4. The van der Waals surface area contributed by atoms with Crippen molar-refractivity contribution in [2.45, 2.75) is 50.0 Å². The molecule has 0 N–H and O–H groups in total. The maximum absolute atomic E-state index is 11.4. The van der Waals surface area contributed by atoms with Crippen molar-refractivity contribution in [1.29, 1.82) is 0 Å². The van der Waals surface area contributed by atoms with Gasteiger partial charge in [-0.2, -0.15) is 0 Å². The highest BCUT2D eigenvalue weighted by molar-refractivity contribution is 9.10. The van der Waals surface area contributed by atoms with Crippen LogP contribution < -0.4 is 5.11 Å². The van der Waals surface area contributed by atoms with Gasteiger partial charge in [-0.15, -0.1) is 11.8 Å². The Kier molecular flexibility index (Phi) is 5.10. The van der Waals surface area contributed by atoms with Crippen molar-refractivity contribution in [3.63, 3.8) is 0 Å². The second kappa shape index (κ2) is 5.76. The van der Waals surface area contributed by atoms with Crippen LogP contribution in [0.25, 0.3) is 0 Å². The van der Waals surface area contributed by atoms with E-state index in [-0.39, 0.29) is 10.5 Å². The summed E-state index contributed by atoms with van der Waals surface area (Å²) in [5.74, 6) is -1.03. The number of carbonyl (C=O) groups excluding carboxylic acids is 1. The number of hydrogen-bond donors (Lipinski definition) is 0. The highest BCUT2D eigenvalue weighted by atomic mass is 79.9. The topological polar surface area (TPSA) is 40.1 Å². The lowest BCUT2D eigenvalue weighted by molar-refractivity contribution is -0.254. The maximum atomic E-state index is 11.4. The van der Waals surface area contributed by atoms with E-state index in [1.807, 2.05) is 6.92 Å². The average molecular weight is 337 g/mol. The second-order valence-electron chi connectivity index (χ2n) is 4.37. The van der Waals surface area contributed by atoms with Gasteiger partial charge in [-0.3, -0.25) is 0 Å². The van der Waals surface area contributed by atoms with Gasteiger partial charge in [-0.05, 0) is 40.2 Å². The zero-order chi connectivity index (χ0) is 13.3. The molecule has 1 atom stereocenters. The summed E-state index contributed by atoms with van der Waals surface area (Å²) in [6.45, 7) is 10.2. The Morgan fingerprint density at radius 1 is 1.35 bits per heavy atom. The summed E-state index contributed by atoms with van der Waals surface area (Å²) in [6.07, 6.45) is 0. The SMILES string of the molecule is Cc1c(Br)c(SC(C)C)c(C(=O)[O-])[s+]1C(C)C. The van der Waals surface area contributed by atoms with E-state index < -0.39 is 5.97 Å². The van der Waals surface area contributed by atoms with Gasteiger partial charge >= 0.3 is 0 Å². The Bertz CT molecular complexity index is 436. The van der Waals surface area contributed by atoms with Gasteiger partial charge in [-0.1, -0.05) is 13.8 Å². The van der Waals surface area contributed by atoms with Crippen LogP contribution in [-0.4, -0.2) is 11.2 Å². The highest BCUT2D eigenvalue weighted by Gasteiger charge is 2.32. The third-order valence-electron chi connectivity index (χ3n) is 2.27. The predicted molar refractivity (Wildman–Crippen MR) is 77.1 cm³/mol. The molecule has 0 saturated carbocycles. The number of halogens is 1. The molecule has 0 saturated heterocycles. The Morgan fingerprint density at radius 3 is 2.24 bits per heavy atom. The van der Waals surface area contributed by atoms with E-state index in [9.17, 15) is 9.90 Å². The summed E-state index contributed by atoms with van der Waals surface area (Å²) in [5.41, 5.74) is 0. The van der Waals surface area contributed by atoms with Crippen LogP contribution in [0.5, 0.6) is 0 Å². The molecule has 0 spiro atoms. The Hall–Kier alpha value is -0.0000000000000000833. The van der Waals surface area contributed by atoms with Crippen molar-refractivity contribution in [3.8, 4) is 0 Å². The molecule has 1 aromatic rings. The van der Waals surface area contributed by atoms with Crippen LogP contribution in [0, 0.1) is 6.92 Å². The zero-order valence-corrected chi connectivity index (χ0v) is 13.9. The number of hydrogen-bond acceptors (Lipinski definition) is 3. The summed E-state index contributed by atoms with van der Waals surface area (Å²) >= 11 is 5.13. The molecular formula is C12H17BrO2S2. The van der Waals surface area contributed by atoms with Crippen LogP contribution in [0.15, 0.2) is 9.37 Å². The molecule has 1 unspecified atom stereocenters. The number of thioether (sulfide) groups is 1. The van der Waals surface area contributed by atoms with Crippen molar-refractivity contribution in [3.05, 3.63) is 14.2 Å². The van der Waals surface area contributed by atoms with Gasteiger partial charge in [0, 0.05) is 12.2 Å². The molecule has 0 bridgehead atoms. The summed E-state index contributed by atoms with van der Waals surface area (Å²) in [5, 5.41) is 12.0. The van der Waals surface area contributed by atoms with Crippen molar-refractivity contribution >= 4 is 44.1 Å². The normalized spacial score (nSPS) is 12.6. The summed E-state index contributed by atoms with van der Waals surface area (Å²) in [7, 11) is -0.339. The maximum Gasteiger partial charge on any atom is 0.211 e. The van der Waals surface area contributed by atoms with E-state index in [2.05, 4.69) is 43.6 Å². The third kappa shape index (κ3) is 3.06. The van der Waals surface area contributed by atoms with E-state index in [1.165, 1.54) is 0 Å². The fraction of sp³-hybridized carbons (Fsp3) is 0.583. The molecular weight excluding hydrogens is 320 g/mol. The molecule has 96 valence electrons. The van der Waals surface area contributed by atoms with Crippen LogP contribution in [0.1, 0.15) is 47.5 Å². The Balaban J connectivity index is 3.47. The first kappa shape index (κ1) is 15.1. The van der Waals surface area contributed by atoms with Gasteiger partial charge in [0.2, 0.25) is 4.88 Å². The summed E-state index contributed by atoms with van der Waals surface area (Å²) in [4.78, 5) is 13.8. The zero-order valence-electron chi connectivity index (χ0n) is 10.7. The van der Waals surface area contributed by atoms with E-state index in [4.69, 9.17) is 0 Å². The molecule has 0 aromatic carbocycles. The molecule has 2 nitrogen and oxygen atoms in total.